The van der Waals surface area contributed by atoms with Gasteiger partial charge in [-0.05, 0) is 81.0 Å². The lowest BCUT2D eigenvalue weighted by molar-refractivity contribution is -0.153. The van der Waals surface area contributed by atoms with E-state index in [4.69, 9.17) is 4.74 Å². The van der Waals surface area contributed by atoms with Gasteiger partial charge < -0.3 is 10.1 Å². The Balaban J connectivity index is 1.22. The Bertz CT molecular complexity index is 504. The van der Waals surface area contributed by atoms with Crippen LogP contribution in [-0.4, -0.2) is 25.0 Å². The Hall–Kier alpha value is -1.32. The molecule has 0 saturated heterocycles. The number of allylic oxidation sites excluding steroid dienone is 2. The molecule has 4 saturated carbocycles. The first-order chi connectivity index (χ1) is 11.6. The van der Waals surface area contributed by atoms with Crippen molar-refractivity contribution in [2.24, 2.45) is 29.1 Å². The summed E-state index contributed by atoms with van der Waals surface area (Å²) < 4.78 is 5.23. The van der Waals surface area contributed by atoms with Crippen LogP contribution in [0.5, 0.6) is 0 Å². The molecule has 0 heterocycles. The normalized spacial score (nSPS) is 39.7. The molecule has 5 aliphatic carbocycles. The first-order valence-corrected chi connectivity index (χ1v) is 9.70. The van der Waals surface area contributed by atoms with E-state index in [2.05, 4.69) is 11.4 Å². The fourth-order valence-electron chi connectivity index (χ4n) is 6.11. The Kier molecular flexibility index (Phi) is 4.40. The van der Waals surface area contributed by atoms with E-state index < -0.39 is 0 Å². The molecule has 0 unspecified atom stereocenters. The second kappa shape index (κ2) is 6.53. The third-order valence-corrected chi connectivity index (χ3v) is 6.77. The maximum absolute atomic E-state index is 12.1. The average molecular weight is 331 g/mol. The summed E-state index contributed by atoms with van der Waals surface area (Å²) in [7, 11) is 0. The summed E-state index contributed by atoms with van der Waals surface area (Å²) in [6, 6.07) is 0. The molecule has 0 aromatic rings. The SMILES string of the molecule is O=C(COC(=O)[C@H]1CC=CCC1)NCC12CC3CC(CC(C3)C1)C2. The van der Waals surface area contributed by atoms with E-state index in [1.807, 2.05) is 6.08 Å². The van der Waals surface area contributed by atoms with Crippen molar-refractivity contribution in [3.8, 4) is 0 Å². The van der Waals surface area contributed by atoms with Gasteiger partial charge in [0.15, 0.2) is 6.61 Å². The molecule has 0 aromatic heterocycles. The number of carbonyl (C=O) groups is 2. The molecule has 0 spiro atoms. The van der Waals surface area contributed by atoms with Gasteiger partial charge in [0.25, 0.3) is 5.91 Å². The van der Waals surface area contributed by atoms with Gasteiger partial charge in [-0.15, -0.1) is 0 Å². The molecule has 5 aliphatic rings. The number of hydrogen-bond donors (Lipinski definition) is 1. The van der Waals surface area contributed by atoms with Crippen LogP contribution in [-0.2, 0) is 14.3 Å². The molecule has 0 radical (unpaired) electrons. The largest absolute Gasteiger partial charge is 0.455 e. The van der Waals surface area contributed by atoms with Crippen molar-refractivity contribution in [3.63, 3.8) is 0 Å². The van der Waals surface area contributed by atoms with Gasteiger partial charge in [-0.1, -0.05) is 12.2 Å². The Labute approximate surface area is 144 Å². The molecule has 4 fully saturated rings. The molecule has 1 atom stereocenters. The van der Waals surface area contributed by atoms with Gasteiger partial charge in [0.2, 0.25) is 0 Å². The number of esters is 1. The monoisotopic (exact) mass is 331 g/mol. The summed E-state index contributed by atoms with van der Waals surface area (Å²) in [4.78, 5) is 24.1. The van der Waals surface area contributed by atoms with Gasteiger partial charge in [-0.3, -0.25) is 9.59 Å². The highest BCUT2D eigenvalue weighted by Gasteiger charge is 2.50. The van der Waals surface area contributed by atoms with Crippen LogP contribution in [0.2, 0.25) is 0 Å². The summed E-state index contributed by atoms with van der Waals surface area (Å²) in [6.45, 7) is 0.657. The molecule has 5 rings (SSSR count). The fourth-order valence-corrected chi connectivity index (χ4v) is 6.11. The number of hydrogen-bond acceptors (Lipinski definition) is 3. The molecule has 24 heavy (non-hydrogen) atoms. The van der Waals surface area contributed by atoms with Gasteiger partial charge in [0.05, 0.1) is 5.92 Å². The Morgan fingerprint density at radius 1 is 1.04 bits per heavy atom. The molecular weight excluding hydrogens is 302 g/mol. The first-order valence-electron chi connectivity index (χ1n) is 9.70. The summed E-state index contributed by atoms with van der Waals surface area (Å²) in [6.07, 6.45) is 14.7. The summed E-state index contributed by atoms with van der Waals surface area (Å²) in [5.41, 5.74) is 0.336. The maximum atomic E-state index is 12.1. The van der Waals surface area contributed by atoms with Crippen LogP contribution in [0.1, 0.15) is 57.8 Å². The highest BCUT2D eigenvalue weighted by molar-refractivity contribution is 5.81. The van der Waals surface area contributed by atoms with E-state index in [0.717, 1.165) is 43.6 Å². The third-order valence-electron chi connectivity index (χ3n) is 6.77. The highest BCUT2D eigenvalue weighted by atomic mass is 16.5. The van der Waals surface area contributed by atoms with Crippen molar-refractivity contribution in [1.82, 2.24) is 5.32 Å². The van der Waals surface area contributed by atoms with Gasteiger partial charge in [-0.2, -0.15) is 0 Å². The van der Waals surface area contributed by atoms with Gasteiger partial charge >= 0.3 is 5.97 Å². The molecule has 4 heteroatoms. The van der Waals surface area contributed by atoms with Gasteiger partial charge in [0, 0.05) is 6.54 Å². The van der Waals surface area contributed by atoms with Gasteiger partial charge in [-0.25, -0.2) is 0 Å². The lowest BCUT2D eigenvalue weighted by Crippen LogP contribution is -2.51. The fraction of sp³-hybridized carbons (Fsp3) is 0.800. The molecule has 1 amide bonds. The van der Waals surface area contributed by atoms with Crippen LogP contribution in [0.4, 0.5) is 0 Å². The van der Waals surface area contributed by atoms with Crippen molar-refractivity contribution in [2.75, 3.05) is 13.2 Å². The van der Waals surface area contributed by atoms with Gasteiger partial charge in [0.1, 0.15) is 0 Å². The maximum Gasteiger partial charge on any atom is 0.309 e. The minimum Gasteiger partial charge on any atom is -0.455 e. The van der Waals surface area contributed by atoms with Crippen molar-refractivity contribution in [1.29, 1.82) is 0 Å². The van der Waals surface area contributed by atoms with Crippen LogP contribution in [0, 0.1) is 29.1 Å². The zero-order valence-corrected chi connectivity index (χ0v) is 14.5. The molecule has 0 aromatic carbocycles. The lowest BCUT2D eigenvalue weighted by atomic mass is 9.49. The van der Waals surface area contributed by atoms with Crippen LogP contribution < -0.4 is 5.32 Å². The van der Waals surface area contributed by atoms with E-state index in [9.17, 15) is 9.59 Å². The molecule has 132 valence electrons. The summed E-state index contributed by atoms with van der Waals surface area (Å²) >= 11 is 0. The van der Waals surface area contributed by atoms with E-state index in [0.29, 0.717) is 5.41 Å². The highest BCUT2D eigenvalue weighted by Crippen LogP contribution is 2.59. The number of rotatable bonds is 5. The zero-order valence-electron chi connectivity index (χ0n) is 14.5. The molecular formula is C20H29NO3. The first kappa shape index (κ1) is 16.2. The molecule has 4 nitrogen and oxygen atoms in total. The number of carbonyl (C=O) groups excluding carboxylic acids is 2. The van der Waals surface area contributed by atoms with Crippen molar-refractivity contribution in [3.05, 3.63) is 12.2 Å². The lowest BCUT2D eigenvalue weighted by Gasteiger charge is -2.56. The van der Waals surface area contributed by atoms with E-state index in [1.54, 1.807) is 0 Å². The molecule has 4 bridgehead atoms. The van der Waals surface area contributed by atoms with E-state index in [1.165, 1.54) is 38.5 Å². The summed E-state index contributed by atoms with van der Waals surface area (Å²) in [5.74, 6) is 2.27. The van der Waals surface area contributed by atoms with Crippen molar-refractivity contribution < 1.29 is 14.3 Å². The van der Waals surface area contributed by atoms with Crippen LogP contribution in [0.25, 0.3) is 0 Å². The zero-order chi connectivity index (χ0) is 16.6. The van der Waals surface area contributed by atoms with Crippen molar-refractivity contribution >= 4 is 11.9 Å². The second-order valence-electron chi connectivity index (χ2n) is 8.78. The van der Waals surface area contributed by atoms with E-state index in [-0.39, 0.29) is 24.4 Å². The van der Waals surface area contributed by atoms with Crippen LogP contribution in [0.3, 0.4) is 0 Å². The van der Waals surface area contributed by atoms with Crippen LogP contribution in [0.15, 0.2) is 12.2 Å². The predicted molar refractivity (Wildman–Crippen MR) is 91.1 cm³/mol. The topological polar surface area (TPSA) is 55.4 Å². The third kappa shape index (κ3) is 3.38. The Morgan fingerprint density at radius 3 is 2.29 bits per heavy atom. The minimum absolute atomic E-state index is 0.0639. The second-order valence-corrected chi connectivity index (χ2v) is 8.78. The number of ether oxygens (including phenoxy) is 1. The van der Waals surface area contributed by atoms with E-state index >= 15 is 0 Å². The van der Waals surface area contributed by atoms with Crippen LogP contribution >= 0.6 is 0 Å². The number of amides is 1. The standard InChI is InChI=1S/C20H29NO3/c22-18(12-24-19(23)17-4-2-1-3-5-17)21-13-20-9-14-6-15(10-20)8-16(7-14)11-20/h1-2,14-17H,3-13H2,(H,21,22)/t14?,15?,16?,17-,20?/m0/s1. The van der Waals surface area contributed by atoms with Crippen molar-refractivity contribution in [2.45, 2.75) is 57.8 Å². The minimum atomic E-state index is -0.218. The summed E-state index contributed by atoms with van der Waals surface area (Å²) in [5, 5.41) is 3.07. The average Bonchev–Trinajstić information content (AvgIpc) is 2.57. The molecule has 0 aliphatic heterocycles. The predicted octanol–water partition coefficient (Wildman–Crippen LogP) is 3.22. The number of nitrogens with one attached hydrogen (secondary N) is 1. The molecule has 1 N–H and O–H groups in total. The smallest absolute Gasteiger partial charge is 0.309 e. The quantitative estimate of drug-likeness (QED) is 0.622. The Morgan fingerprint density at radius 2 is 1.71 bits per heavy atom.